The third-order valence-electron chi connectivity index (χ3n) is 2.17. The summed E-state index contributed by atoms with van der Waals surface area (Å²) in [6.45, 7) is 0. The van der Waals surface area contributed by atoms with Crippen LogP contribution < -0.4 is 5.73 Å². The molecular weight excluding hydrogens is 226 g/mol. The fourth-order valence-electron chi connectivity index (χ4n) is 1.34. The molecule has 16 heavy (non-hydrogen) atoms. The van der Waals surface area contributed by atoms with Gasteiger partial charge >= 0.3 is 5.97 Å². The van der Waals surface area contributed by atoms with Gasteiger partial charge in [0.2, 0.25) is 5.76 Å². The summed E-state index contributed by atoms with van der Waals surface area (Å²) in [6, 6.07) is 6.77. The van der Waals surface area contributed by atoms with Gasteiger partial charge in [-0.15, -0.1) is 11.3 Å². The average Bonchev–Trinajstić information content (AvgIpc) is 2.97. The fraction of sp³-hybridized carbons (Fsp3) is 0.182. The Labute approximate surface area is 96.6 Å². The second-order valence-corrected chi connectivity index (χ2v) is 4.17. The zero-order valence-corrected chi connectivity index (χ0v) is 9.49. The lowest BCUT2D eigenvalue weighted by atomic mass is 10.2. The second-order valence-electron chi connectivity index (χ2n) is 3.19. The van der Waals surface area contributed by atoms with E-state index in [1.807, 2.05) is 17.5 Å². The van der Waals surface area contributed by atoms with E-state index in [0.717, 1.165) is 4.88 Å². The summed E-state index contributed by atoms with van der Waals surface area (Å²) in [5.74, 6) is 0.233. The van der Waals surface area contributed by atoms with Crippen LogP contribution in [-0.2, 0) is 4.74 Å². The monoisotopic (exact) mass is 237 g/mol. The number of ether oxygens (including phenoxy) is 1. The fourth-order valence-corrected chi connectivity index (χ4v) is 2.07. The maximum absolute atomic E-state index is 11.2. The minimum atomic E-state index is -0.496. The molecule has 0 aliphatic carbocycles. The molecule has 4 nitrogen and oxygen atoms in total. The molecule has 0 spiro atoms. The summed E-state index contributed by atoms with van der Waals surface area (Å²) in [5.41, 5.74) is 5.98. The molecule has 5 heteroatoms. The lowest BCUT2D eigenvalue weighted by Gasteiger charge is -2.05. The molecule has 2 N–H and O–H groups in total. The topological polar surface area (TPSA) is 65.5 Å². The van der Waals surface area contributed by atoms with E-state index < -0.39 is 5.97 Å². The number of thiophene rings is 1. The Morgan fingerprint density at radius 1 is 1.50 bits per heavy atom. The van der Waals surface area contributed by atoms with Crippen molar-refractivity contribution in [2.45, 2.75) is 6.04 Å². The smallest absolute Gasteiger partial charge is 0.373 e. The number of furan rings is 1. The Morgan fingerprint density at radius 3 is 2.94 bits per heavy atom. The molecule has 84 valence electrons. The van der Waals surface area contributed by atoms with Crippen molar-refractivity contribution in [1.29, 1.82) is 0 Å². The lowest BCUT2D eigenvalue weighted by Crippen LogP contribution is -2.09. The first-order valence-corrected chi connectivity index (χ1v) is 5.57. The highest BCUT2D eigenvalue weighted by atomic mass is 32.1. The van der Waals surface area contributed by atoms with Crippen LogP contribution in [0.4, 0.5) is 0 Å². The third-order valence-corrected chi connectivity index (χ3v) is 3.12. The molecule has 0 saturated carbocycles. The van der Waals surface area contributed by atoms with Gasteiger partial charge in [0.1, 0.15) is 5.76 Å². The molecule has 2 rings (SSSR count). The number of hydrogen-bond donors (Lipinski definition) is 1. The van der Waals surface area contributed by atoms with Crippen LogP contribution in [0.5, 0.6) is 0 Å². The maximum Gasteiger partial charge on any atom is 0.373 e. The van der Waals surface area contributed by atoms with Gasteiger partial charge in [-0.25, -0.2) is 4.79 Å². The zero-order chi connectivity index (χ0) is 11.5. The van der Waals surface area contributed by atoms with Gasteiger partial charge in [0, 0.05) is 4.88 Å². The van der Waals surface area contributed by atoms with Crippen molar-refractivity contribution in [3.05, 3.63) is 46.0 Å². The Bertz CT molecular complexity index is 475. The van der Waals surface area contributed by atoms with Crippen molar-refractivity contribution >= 4 is 17.3 Å². The molecule has 0 aliphatic rings. The van der Waals surface area contributed by atoms with Crippen LogP contribution >= 0.6 is 11.3 Å². The standard InChI is InChI=1S/C11H11NO3S/c1-14-11(13)8-5-4-7(15-8)10(12)9-3-2-6-16-9/h2-6,10H,12H2,1H3. The van der Waals surface area contributed by atoms with E-state index in [4.69, 9.17) is 10.2 Å². The van der Waals surface area contributed by atoms with Crippen molar-refractivity contribution in [2.75, 3.05) is 7.11 Å². The maximum atomic E-state index is 11.2. The number of nitrogens with two attached hydrogens (primary N) is 1. The van der Waals surface area contributed by atoms with Crippen LogP contribution in [0.2, 0.25) is 0 Å². The first kappa shape index (κ1) is 10.9. The largest absolute Gasteiger partial charge is 0.463 e. The Balaban J connectivity index is 2.22. The van der Waals surface area contributed by atoms with Crippen molar-refractivity contribution < 1.29 is 13.9 Å². The SMILES string of the molecule is COC(=O)c1ccc(C(N)c2cccs2)o1. The van der Waals surface area contributed by atoms with Gasteiger partial charge < -0.3 is 14.9 Å². The van der Waals surface area contributed by atoms with Crippen LogP contribution in [0.15, 0.2) is 34.1 Å². The quantitative estimate of drug-likeness (QED) is 0.831. The molecule has 0 radical (unpaired) electrons. The molecule has 0 fully saturated rings. The minimum absolute atomic E-state index is 0.171. The summed E-state index contributed by atoms with van der Waals surface area (Å²) >= 11 is 1.55. The summed E-state index contributed by atoms with van der Waals surface area (Å²) in [6.07, 6.45) is 0. The van der Waals surface area contributed by atoms with E-state index in [-0.39, 0.29) is 11.8 Å². The third kappa shape index (κ3) is 2.00. The van der Waals surface area contributed by atoms with Crippen LogP contribution in [0.25, 0.3) is 0 Å². The number of hydrogen-bond acceptors (Lipinski definition) is 5. The molecule has 0 aliphatic heterocycles. The van der Waals surface area contributed by atoms with Gasteiger partial charge in [0.25, 0.3) is 0 Å². The number of rotatable bonds is 3. The van der Waals surface area contributed by atoms with Crippen molar-refractivity contribution in [2.24, 2.45) is 5.73 Å². The Kier molecular flexibility index (Phi) is 3.07. The van der Waals surface area contributed by atoms with Crippen molar-refractivity contribution in [3.63, 3.8) is 0 Å². The second kappa shape index (κ2) is 4.51. The first-order chi connectivity index (χ1) is 7.72. The summed E-state index contributed by atoms with van der Waals surface area (Å²) < 4.78 is 9.88. The van der Waals surface area contributed by atoms with Gasteiger partial charge in [0.15, 0.2) is 0 Å². The summed E-state index contributed by atoms with van der Waals surface area (Å²) in [5, 5.41) is 1.94. The van der Waals surface area contributed by atoms with Gasteiger partial charge in [-0.1, -0.05) is 6.07 Å². The molecular formula is C11H11NO3S. The molecule has 0 aromatic carbocycles. The number of carbonyl (C=O) groups is 1. The van der Waals surface area contributed by atoms with E-state index in [1.54, 1.807) is 23.5 Å². The van der Waals surface area contributed by atoms with Crippen LogP contribution in [0.1, 0.15) is 27.2 Å². The number of methoxy groups -OCH3 is 1. The summed E-state index contributed by atoms with van der Waals surface area (Å²) in [7, 11) is 1.31. The first-order valence-electron chi connectivity index (χ1n) is 4.69. The predicted octanol–water partition coefficient (Wildman–Crippen LogP) is 2.18. The lowest BCUT2D eigenvalue weighted by molar-refractivity contribution is 0.0563. The van der Waals surface area contributed by atoms with Gasteiger partial charge in [-0.05, 0) is 23.6 Å². The summed E-state index contributed by atoms with van der Waals surface area (Å²) in [4.78, 5) is 12.2. The zero-order valence-electron chi connectivity index (χ0n) is 8.67. The highest BCUT2D eigenvalue weighted by Gasteiger charge is 2.17. The van der Waals surface area contributed by atoms with E-state index in [0.29, 0.717) is 5.76 Å². The van der Waals surface area contributed by atoms with E-state index in [2.05, 4.69) is 4.74 Å². The van der Waals surface area contributed by atoms with Gasteiger partial charge in [-0.2, -0.15) is 0 Å². The van der Waals surface area contributed by atoms with Crippen LogP contribution in [-0.4, -0.2) is 13.1 Å². The highest BCUT2D eigenvalue weighted by Crippen LogP contribution is 2.25. The molecule has 2 aromatic heterocycles. The molecule has 2 heterocycles. The van der Waals surface area contributed by atoms with Crippen LogP contribution in [0.3, 0.4) is 0 Å². The predicted molar refractivity (Wildman–Crippen MR) is 60.4 cm³/mol. The molecule has 0 saturated heterocycles. The van der Waals surface area contributed by atoms with Crippen molar-refractivity contribution in [3.8, 4) is 0 Å². The Hall–Kier alpha value is -1.59. The number of esters is 1. The van der Waals surface area contributed by atoms with Gasteiger partial charge in [-0.3, -0.25) is 0 Å². The normalized spacial score (nSPS) is 12.4. The number of carbonyl (C=O) groups excluding carboxylic acids is 1. The average molecular weight is 237 g/mol. The Morgan fingerprint density at radius 2 is 2.31 bits per heavy atom. The molecule has 0 amide bonds. The van der Waals surface area contributed by atoms with E-state index >= 15 is 0 Å². The van der Waals surface area contributed by atoms with E-state index in [1.165, 1.54) is 7.11 Å². The minimum Gasteiger partial charge on any atom is -0.463 e. The molecule has 0 bridgehead atoms. The molecule has 1 unspecified atom stereocenters. The van der Waals surface area contributed by atoms with Crippen molar-refractivity contribution in [1.82, 2.24) is 0 Å². The van der Waals surface area contributed by atoms with Gasteiger partial charge in [0.05, 0.1) is 13.2 Å². The molecule has 2 aromatic rings. The van der Waals surface area contributed by atoms with Crippen LogP contribution in [0, 0.1) is 0 Å². The van der Waals surface area contributed by atoms with E-state index in [9.17, 15) is 4.79 Å². The highest BCUT2D eigenvalue weighted by molar-refractivity contribution is 7.10. The molecule has 1 atom stereocenters.